The predicted molar refractivity (Wildman–Crippen MR) is 77.6 cm³/mol. The highest BCUT2D eigenvalue weighted by Gasteiger charge is 2.11. The Kier molecular flexibility index (Phi) is 3.85. The van der Waals surface area contributed by atoms with Gasteiger partial charge in [0.1, 0.15) is 5.82 Å². The van der Waals surface area contributed by atoms with Crippen LogP contribution in [-0.4, -0.2) is 5.91 Å². The Balaban J connectivity index is 2.25. The molecule has 0 aromatic heterocycles. The summed E-state index contributed by atoms with van der Waals surface area (Å²) in [6.07, 6.45) is 0. The molecule has 0 aliphatic heterocycles. The van der Waals surface area contributed by atoms with E-state index in [1.165, 1.54) is 18.2 Å². The van der Waals surface area contributed by atoms with Gasteiger partial charge in [-0.05, 0) is 58.7 Å². The van der Waals surface area contributed by atoms with Gasteiger partial charge in [0.2, 0.25) is 0 Å². The van der Waals surface area contributed by atoms with Crippen molar-refractivity contribution in [3.63, 3.8) is 0 Å². The van der Waals surface area contributed by atoms with E-state index in [1.807, 2.05) is 13.0 Å². The van der Waals surface area contributed by atoms with Crippen molar-refractivity contribution in [1.82, 2.24) is 0 Å². The number of aryl methyl sites for hydroxylation is 1. The summed E-state index contributed by atoms with van der Waals surface area (Å²) in [7, 11) is 0. The smallest absolute Gasteiger partial charge is 0.256 e. The summed E-state index contributed by atoms with van der Waals surface area (Å²) in [4.78, 5) is 12.0. The average molecular weight is 323 g/mol. The lowest BCUT2D eigenvalue weighted by molar-refractivity contribution is 0.102. The maximum Gasteiger partial charge on any atom is 0.256 e. The molecule has 2 aromatic rings. The van der Waals surface area contributed by atoms with Gasteiger partial charge in [0, 0.05) is 15.8 Å². The van der Waals surface area contributed by atoms with Gasteiger partial charge in [-0.2, -0.15) is 0 Å². The lowest BCUT2D eigenvalue weighted by Gasteiger charge is -2.09. The molecule has 0 atom stereocenters. The van der Waals surface area contributed by atoms with E-state index in [-0.39, 0.29) is 5.56 Å². The zero-order valence-corrected chi connectivity index (χ0v) is 11.8. The van der Waals surface area contributed by atoms with Crippen LogP contribution in [0.15, 0.2) is 40.9 Å². The number of carbonyl (C=O) groups excluding carboxylic acids is 1. The van der Waals surface area contributed by atoms with Crippen LogP contribution >= 0.6 is 15.9 Å². The van der Waals surface area contributed by atoms with Gasteiger partial charge in [-0.1, -0.05) is 6.07 Å². The first-order chi connectivity index (χ1) is 8.97. The number of halogens is 2. The van der Waals surface area contributed by atoms with Crippen LogP contribution in [0.2, 0.25) is 0 Å². The minimum atomic E-state index is -0.461. The summed E-state index contributed by atoms with van der Waals surface area (Å²) in [5.41, 5.74) is 8.11. The number of anilines is 2. The summed E-state index contributed by atoms with van der Waals surface area (Å²) in [5.74, 6) is -0.855. The van der Waals surface area contributed by atoms with E-state index >= 15 is 0 Å². The second-order valence-electron chi connectivity index (χ2n) is 4.15. The van der Waals surface area contributed by atoms with Crippen LogP contribution in [0.5, 0.6) is 0 Å². The maximum atomic E-state index is 13.1. The normalized spacial score (nSPS) is 10.3. The van der Waals surface area contributed by atoms with Crippen molar-refractivity contribution in [3.8, 4) is 0 Å². The third-order valence-electron chi connectivity index (χ3n) is 2.71. The molecule has 19 heavy (non-hydrogen) atoms. The summed E-state index contributed by atoms with van der Waals surface area (Å²) >= 11 is 3.22. The Bertz CT molecular complexity index is 643. The number of hydrogen-bond acceptors (Lipinski definition) is 2. The zero-order chi connectivity index (χ0) is 14.0. The molecule has 0 heterocycles. The molecule has 0 aliphatic carbocycles. The molecular weight excluding hydrogens is 311 g/mol. The van der Waals surface area contributed by atoms with E-state index in [2.05, 4.69) is 21.2 Å². The minimum Gasteiger partial charge on any atom is -0.398 e. The maximum absolute atomic E-state index is 13.1. The van der Waals surface area contributed by atoms with Crippen LogP contribution in [0.25, 0.3) is 0 Å². The van der Waals surface area contributed by atoms with Crippen LogP contribution in [-0.2, 0) is 0 Å². The molecular formula is C14H12BrFN2O. The second kappa shape index (κ2) is 5.40. The molecule has 0 saturated carbocycles. The van der Waals surface area contributed by atoms with E-state index in [0.717, 1.165) is 5.56 Å². The minimum absolute atomic E-state index is 0.235. The van der Waals surface area contributed by atoms with Gasteiger partial charge in [0.25, 0.3) is 5.91 Å². The SMILES string of the molecule is Cc1ccc(NC(=O)c2cc(F)ccc2Br)cc1N. The number of nitrogens with one attached hydrogen (secondary N) is 1. The topological polar surface area (TPSA) is 55.1 Å². The first-order valence-corrected chi connectivity index (χ1v) is 6.39. The number of hydrogen-bond donors (Lipinski definition) is 2. The number of carbonyl (C=O) groups is 1. The van der Waals surface area contributed by atoms with Crippen LogP contribution in [0.1, 0.15) is 15.9 Å². The molecule has 0 spiro atoms. The van der Waals surface area contributed by atoms with Gasteiger partial charge < -0.3 is 11.1 Å². The Morgan fingerprint density at radius 2 is 2.00 bits per heavy atom. The lowest BCUT2D eigenvalue weighted by Crippen LogP contribution is -2.13. The van der Waals surface area contributed by atoms with Crippen molar-refractivity contribution in [2.24, 2.45) is 0 Å². The van der Waals surface area contributed by atoms with Crippen molar-refractivity contribution in [1.29, 1.82) is 0 Å². The van der Waals surface area contributed by atoms with Gasteiger partial charge >= 0.3 is 0 Å². The van der Waals surface area contributed by atoms with E-state index in [9.17, 15) is 9.18 Å². The fourth-order valence-corrected chi connectivity index (χ4v) is 2.01. The number of nitrogen functional groups attached to an aromatic ring is 1. The summed E-state index contributed by atoms with van der Waals surface area (Å²) in [6, 6.07) is 9.18. The van der Waals surface area contributed by atoms with Gasteiger partial charge in [-0.3, -0.25) is 4.79 Å². The summed E-state index contributed by atoms with van der Waals surface area (Å²) in [5, 5.41) is 2.68. The highest BCUT2D eigenvalue weighted by molar-refractivity contribution is 9.10. The number of benzene rings is 2. The summed E-state index contributed by atoms with van der Waals surface area (Å²) in [6.45, 7) is 1.88. The molecule has 0 unspecified atom stereocenters. The quantitative estimate of drug-likeness (QED) is 0.828. The molecule has 0 aliphatic rings. The third kappa shape index (κ3) is 3.12. The molecule has 2 rings (SSSR count). The first-order valence-electron chi connectivity index (χ1n) is 5.60. The molecule has 0 radical (unpaired) electrons. The predicted octanol–water partition coefficient (Wildman–Crippen LogP) is 3.73. The summed E-state index contributed by atoms with van der Waals surface area (Å²) < 4.78 is 13.7. The molecule has 5 heteroatoms. The van der Waals surface area contributed by atoms with Crippen molar-refractivity contribution >= 4 is 33.2 Å². The largest absolute Gasteiger partial charge is 0.398 e. The molecule has 3 nitrogen and oxygen atoms in total. The monoisotopic (exact) mass is 322 g/mol. The van der Waals surface area contributed by atoms with Gasteiger partial charge in [0.15, 0.2) is 0 Å². The molecule has 1 amide bonds. The van der Waals surface area contributed by atoms with Crippen LogP contribution in [0.4, 0.5) is 15.8 Å². The van der Waals surface area contributed by atoms with Gasteiger partial charge in [-0.15, -0.1) is 0 Å². The van der Waals surface area contributed by atoms with Crippen molar-refractivity contribution < 1.29 is 9.18 Å². The number of amides is 1. The Hall–Kier alpha value is -1.88. The highest BCUT2D eigenvalue weighted by atomic mass is 79.9. The second-order valence-corrected chi connectivity index (χ2v) is 5.00. The number of rotatable bonds is 2. The molecule has 2 aromatic carbocycles. The van der Waals surface area contributed by atoms with Crippen LogP contribution in [0.3, 0.4) is 0 Å². The van der Waals surface area contributed by atoms with E-state index in [0.29, 0.717) is 15.8 Å². The highest BCUT2D eigenvalue weighted by Crippen LogP contribution is 2.21. The van der Waals surface area contributed by atoms with Crippen LogP contribution < -0.4 is 11.1 Å². The van der Waals surface area contributed by atoms with Crippen molar-refractivity contribution in [2.45, 2.75) is 6.92 Å². The van der Waals surface area contributed by atoms with Crippen molar-refractivity contribution in [3.05, 3.63) is 57.8 Å². The van der Waals surface area contributed by atoms with Gasteiger partial charge in [-0.25, -0.2) is 4.39 Å². The molecule has 0 fully saturated rings. The first kappa shape index (κ1) is 13.5. The van der Waals surface area contributed by atoms with E-state index in [4.69, 9.17) is 5.73 Å². The fraction of sp³-hybridized carbons (Fsp3) is 0.0714. The van der Waals surface area contributed by atoms with Gasteiger partial charge in [0.05, 0.1) is 5.56 Å². The van der Waals surface area contributed by atoms with E-state index < -0.39 is 11.7 Å². The Morgan fingerprint density at radius 3 is 2.68 bits per heavy atom. The standard InChI is InChI=1S/C14H12BrFN2O/c1-8-2-4-10(7-13(8)17)18-14(19)11-6-9(16)3-5-12(11)15/h2-7H,17H2,1H3,(H,18,19). The molecule has 0 saturated heterocycles. The van der Waals surface area contributed by atoms with Crippen LogP contribution in [0, 0.1) is 12.7 Å². The molecule has 3 N–H and O–H groups in total. The lowest BCUT2D eigenvalue weighted by atomic mass is 10.1. The van der Waals surface area contributed by atoms with Crippen molar-refractivity contribution in [2.75, 3.05) is 11.1 Å². The van der Waals surface area contributed by atoms with E-state index in [1.54, 1.807) is 12.1 Å². The fourth-order valence-electron chi connectivity index (χ4n) is 1.59. The third-order valence-corrected chi connectivity index (χ3v) is 3.40. The number of nitrogens with two attached hydrogens (primary N) is 1. The molecule has 0 bridgehead atoms. The Morgan fingerprint density at radius 1 is 1.26 bits per heavy atom. The average Bonchev–Trinajstić information content (AvgIpc) is 2.36. The zero-order valence-electron chi connectivity index (χ0n) is 10.2. The molecule has 98 valence electrons. The Labute approximate surface area is 118 Å².